The van der Waals surface area contributed by atoms with Gasteiger partial charge < -0.3 is 10.8 Å². The second-order valence-electron chi connectivity index (χ2n) is 2.82. The van der Waals surface area contributed by atoms with Crippen molar-refractivity contribution in [1.29, 1.82) is 0 Å². The van der Waals surface area contributed by atoms with Gasteiger partial charge in [-0.25, -0.2) is 9.97 Å². The van der Waals surface area contributed by atoms with E-state index in [-0.39, 0.29) is 6.61 Å². The Hall–Kier alpha value is -0.810. The van der Waals surface area contributed by atoms with Crippen LogP contribution in [0.25, 0.3) is 0 Å². The first-order chi connectivity index (χ1) is 6.79. The lowest BCUT2D eigenvalue weighted by Gasteiger charge is -2.07. The van der Waals surface area contributed by atoms with Crippen molar-refractivity contribution in [2.75, 3.05) is 18.1 Å². The molecule has 0 saturated heterocycles. The molecule has 0 radical (unpaired) electrons. The van der Waals surface area contributed by atoms with E-state index in [1.54, 1.807) is 11.8 Å². The molecule has 0 aromatic carbocycles. The largest absolute Gasteiger partial charge is 0.396 e. The maximum Gasteiger partial charge on any atom is 0.131 e. The molecule has 78 valence electrons. The number of aromatic nitrogens is 2. The van der Waals surface area contributed by atoms with Crippen molar-refractivity contribution in [3.05, 3.63) is 11.9 Å². The van der Waals surface area contributed by atoms with Crippen LogP contribution in [-0.2, 0) is 6.42 Å². The molecule has 1 aromatic heterocycles. The van der Waals surface area contributed by atoms with Crippen LogP contribution in [0.3, 0.4) is 0 Å². The highest BCUT2D eigenvalue weighted by molar-refractivity contribution is 7.99. The first kappa shape index (κ1) is 11.3. The summed E-state index contributed by atoms with van der Waals surface area (Å²) in [5.74, 6) is 1.42. The molecule has 14 heavy (non-hydrogen) atoms. The van der Waals surface area contributed by atoms with Crippen LogP contribution < -0.4 is 5.73 Å². The van der Waals surface area contributed by atoms with Gasteiger partial charge in [0.25, 0.3) is 0 Å². The Morgan fingerprint density at radius 1 is 1.50 bits per heavy atom. The highest BCUT2D eigenvalue weighted by atomic mass is 32.2. The van der Waals surface area contributed by atoms with Crippen molar-refractivity contribution >= 4 is 17.6 Å². The zero-order valence-corrected chi connectivity index (χ0v) is 9.05. The Bertz CT molecular complexity index is 293. The molecule has 0 bridgehead atoms. The standard InChI is InChI=1S/C9H15N3OS/c1-2-7-8(10)11-6-12-9(7)14-5-3-4-13/h6,13H,2-5H2,1H3,(H2,10,11,12). The molecule has 1 aromatic rings. The van der Waals surface area contributed by atoms with Gasteiger partial charge in [0.05, 0.1) is 0 Å². The van der Waals surface area contributed by atoms with Gasteiger partial charge in [-0.05, 0) is 12.8 Å². The quantitative estimate of drug-likeness (QED) is 0.435. The number of rotatable bonds is 5. The summed E-state index contributed by atoms with van der Waals surface area (Å²) in [5.41, 5.74) is 6.73. The molecule has 0 saturated carbocycles. The Morgan fingerprint density at radius 3 is 2.93 bits per heavy atom. The van der Waals surface area contributed by atoms with E-state index < -0.39 is 0 Å². The Morgan fingerprint density at radius 2 is 2.29 bits per heavy atom. The molecule has 4 nitrogen and oxygen atoms in total. The molecule has 0 amide bonds. The van der Waals surface area contributed by atoms with E-state index in [0.717, 1.165) is 29.2 Å². The number of aliphatic hydroxyl groups excluding tert-OH is 1. The van der Waals surface area contributed by atoms with E-state index in [2.05, 4.69) is 9.97 Å². The van der Waals surface area contributed by atoms with Gasteiger partial charge in [0, 0.05) is 17.9 Å². The minimum atomic E-state index is 0.217. The van der Waals surface area contributed by atoms with Crippen molar-refractivity contribution < 1.29 is 5.11 Å². The third-order valence-corrected chi connectivity index (χ3v) is 2.95. The average molecular weight is 213 g/mol. The third kappa shape index (κ3) is 2.85. The molecular formula is C9H15N3OS. The van der Waals surface area contributed by atoms with Gasteiger partial charge in [-0.15, -0.1) is 11.8 Å². The predicted octanol–water partition coefficient (Wildman–Crippen LogP) is 1.10. The fraction of sp³-hybridized carbons (Fsp3) is 0.556. The van der Waals surface area contributed by atoms with Crippen LogP contribution in [0.1, 0.15) is 18.9 Å². The topological polar surface area (TPSA) is 72.0 Å². The van der Waals surface area contributed by atoms with Gasteiger partial charge in [-0.1, -0.05) is 6.92 Å². The Labute approximate surface area is 88.0 Å². The van der Waals surface area contributed by atoms with E-state index >= 15 is 0 Å². The van der Waals surface area contributed by atoms with Gasteiger partial charge in [0.1, 0.15) is 17.2 Å². The summed E-state index contributed by atoms with van der Waals surface area (Å²) in [6.07, 6.45) is 3.10. The molecule has 0 aliphatic rings. The van der Waals surface area contributed by atoms with Gasteiger partial charge >= 0.3 is 0 Å². The van der Waals surface area contributed by atoms with Gasteiger partial charge in [-0.3, -0.25) is 0 Å². The number of thioether (sulfide) groups is 1. The number of hydrogen-bond donors (Lipinski definition) is 2. The van der Waals surface area contributed by atoms with E-state index in [1.165, 1.54) is 6.33 Å². The Kier molecular flexibility index (Phi) is 4.69. The number of aliphatic hydroxyl groups is 1. The van der Waals surface area contributed by atoms with Gasteiger partial charge in [-0.2, -0.15) is 0 Å². The molecule has 0 aliphatic carbocycles. The monoisotopic (exact) mass is 213 g/mol. The summed E-state index contributed by atoms with van der Waals surface area (Å²) in [7, 11) is 0. The number of nitrogens with two attached hydrogens (primary N) is 1. The van der Waals surface area contributed by atoms with Crippen molar-refractivity contribution in [2.24, 2.45) is 0 Å². The lowest BCUT2D eigenvalue weighted by atomic mass is 10.2. The molecule has 0 aliphatic heterocycles. The van der Waals surface area contributed by atoms with E-state index in [0.29, 0.717) is 5.82 Å². The smallest absolute Gasteiger partial charge is 0.131 e. The number of anilines is 1. The third-order valence-electron chi connectivity index (χ3n) is 1.83. The highest BCUT2D eigenvalue weighted by Gasteiger charge is 2.06. The lowest BCUT2D eigenvalue weighted by Crippen LogP contribution is -2.01. The second kappa shape index (κ2) is 5.82. The predicted molar refractivity (Wildman–Crippen MR) is 58.2 cm³/mol. The SMILES string of the molecule is CCc1c(N)ncnc1SCCCO. The molecule has 0 fully saturated rings. The van der Waals surface area contributed by atoms with Crippen LogP contribution in [-0.4, -0.2) is 27.4 Å². The molecule has 0 atom stereocenters. The number of hydrogen-bond acceptors (Lipinski definition) is 5. The summed E-state index contributed by atoms with van der Waals surface area (Å²) in [6.45, 7) is 2.25. The van der Waals surface area contributed by atoms with Crippen LogP contribution >= 0.6 is 11.8 Å². The van der Waals surface area contributed by atoms with Crippen LogP contribution in [0.15, 0.2) is 11.4 Å². The first-order valence-corrected chi connectivity index (χ1v) is 5.61. The maximum absolute atomic E-state index is 8.65. The Balaban J connectivity index is 2.70. The summed E-state index contributed by atoms with van der Waals surface area (Å²) in [4.78, 5) is 8.12. The minimum Gasteiger partial charge on any atom is -0.396 e. The van der Waals surface area contributed by atoms with Crippen LogP contribution in [0.2, 0.25) is 0 Å². The van der Waals surface area contributed by atoms with E-state index in [4.69, 9.17) is 10.8 Å². The molecule has 1 rings (SSSR count). The normalized spacial score (nSPS) is 10.4. The van der Waals surface area contributed by atoms with Gasteiger partial charge in [0.2, 0.25) is 0 Å². The number of nitrogens with zero attached hydrogens (tertiary/aromatic N) is 2. The zero-order valence-electron chi connectivity index (χ0n) is 8.23. The molecule has 1 heterocycles. The molecule has 0 unspecified atom stereocenters. The summed E-state index contributed by atoms with van der Waals surface area (Å²) in [6, 6.07) is 0. The fourth-order valence-electron chi connectivity index (χ4n) is 1.10. The van der Waals surface area contributed by atoms with Gasteiger partial charge in [0.15, 0.2) is 0 Å². The van der Waals surface area contributed by atoms with E-state index in [9.17, 15) is 0 Å². The maximum atomic E-state index is 8.65. The summed E-state index contributed by atoms with van der Waals surface area (Å²) < 4.78 is 0. The van der Waals surface area contributed by atoms with Crippen molar-refractivity contribution in [3.8, 4) is 0 Å². The average Bonchev–Trinajstić information content (AvgIpc) is 2.18. The highest BCUT2D eigenvalue weighted by Crippen LogP contribution is 2.23. The van der Waals surface area contributed by atoms with Crippen LogP contribution in [0.5, 0.6) is 0 Å². The first-order valence-electron chi connectivity index (χ1n) is 4.62. The molecule has 0 spiro atoms. The van der Waals surface area contributed by atoms with Crippen molar-refractivity contribution in [1.82, 2.24) is 9.97 Å². The zero-order chi connectivity index (χ0) is 10.4. The lowest BCUT2D eigenvalue weighted by molar-refractivity contribution is 0.296. The second-order valence-corrected chi connectivity index (χ2v) is 3.91. The number of nitrogen functional groups attached to an aromatic ring is 1. The summed E-state index contributed by atoms with van der Waals surface area (Å²) in [5, 5.41) is 9.59. The van der Waals surface area contributed by atoms with Crippen LogP contribution in [0.4, 0.5) is 5.82 Å². The summed E-state index contributed by atoms with van der Waals surface area (Å²) >= 11 is 1.62. The van der Waals surface area contributed by atoms with Crippen molar-refractivity contribution in [3.63, 3.8) is 0 Å². The fourth-order valence-corrected chi connectivity index (χ4v) is 2.11. The molecule has 3 N–H and O–H groups in total. The molecular weight excluding hydrogens is 198 g/mol. The molecule has 5 heteroatoms. The van der Waals surface area contributed by atoms with Crippen molar-refractivity contribution in [2.45, 2.75) is 24.8 Å². The van der Waals surface area contributed by atoms with E-state index in [1.807, 2.05) is 6.92 Å². The minimum absolute atomic E-state index is 0.217. The van der Waals surface area contributed by atoms with Crippen LogP contribution in [0, 0.1) is 0 Å².